The molecule has 0 aliphatic carbocycles. The molecule has 6 heteroatoms. The molecule has 1 fully saturated rings. The standard InChI is InChI=1S/C25H27N3O2S/c1-16(2)28-14-17(18-7-3-5-9-20(18)28)13-27-11-12-30-21(15-27)23-19-8-4-6-10-22(19)31-24(23)25(26)29/h3-10,14,16,21H,11-13,15H2,1-2H3,(H2,26,29). The highest BCUT2D eigenvalue weighted by atomic mass is 32.1. The number of para-hydroxylation sites is 1. The van der Waals surface area contributed by atoms with Crippen LogP contribution in [0.1, 0.15) is 46.8 Å². The summed E-state index contributed by atoms with van der Waals surface area (Å²) >= 11 is 1.46. The lowest BCUT2D eigenvalue weighted by atomic mass is 10.0. The quantitative estimate of drug-likeness (QED) is 0.476. The third kappa shape index (κ3) is 3.65. The van der Waals surface area contributed by atoms with Gasteiger partial charge in [0, 0.05) is 53.0 Å². The summed E-state index contributed by atoms with van der Waals surface area (Å²) in [6.07, 6.45) is 2.13. The molecule has 1 aliphatic rings. The maximum Gasteiger partial charge on any atom is 0.259 e. The van der Waals surface area contributed by atoms with Gasteiger partial charge < -0.3 is 15.0 Å². The largest absolute Gasteiger partial charge is 0.371 e. The van der Waals surface area contributed by atoms with Crippen molar-refractivity contribution in [3.05, 3.63) is 70.7 Å². The SMILES string of the molecule is CC(C)n1cc(CN2CCOC(c3c(C(N)=O)sc4ccccc34)C2)c2ccccc21. The molecular formula is C25H27N3O2S. The number of primary amides is 1. The zero-order chi connectivity index (χ0) is 21.5. The Morgan fingerprint density at radius 2 is 1.90 bits per heavy atom. The van der Waals surface area contributed by atoms with E-state index in [4.69, 9.17) is 10.5 Å². The Morgan fingerprint density at radius 3 is 2.68 bits per heavy atom. The number of hydrogen-bond donors (Lipinski definition) is 1. The molecule has 0 spiro atoms. The summed E-state index contributed by atoms with van der Waals surface area (Å²) in [5.41, 5.74) is 9.29. The van der Waals surface area contributed by atoms with Gasteiger partial charge in [-0.15, -0.1) is 11.3 Å². The lowest BCUT2D eigenvalue weighted by molar-refractivity contribution is -0.0321. The Bertz CT molecular complexity index is 1260. The van der Waals surface area contributed by atoms with E-state index >= 15 is 0 Å². The van der Waals surface area contributed by atoms with Crippen molar-refractivity contribution >= 4 is 38.2 Å². The highest BCUT2D eigenvalue weighted by Gasteiger charge is 2.29. The molecule has 2 aromatic heterocycles. The van der Waals surface area contributed by atoms with E-state index in [0.29, 0.717) is 17.5 Å². The van der Waals surface area contributed by atoms with Crippen LogP contribution in [0.3, 0.4) is 0 Å². The normalized spacial score (nSPS) is 17.7. The van der Waals surface area contributed by atoms with Gasteiger partial charge in [0.15, 0.2) is 0 Å². The first-order valence-electron chi connectivity index (χ1n) is 10.8. The molecule has 5 rings (SSSR count). The molecule has 1 amide bonds. The summed E-state index contributed by atoms with van der Waals surface area (Å²) in [5.74, 6) is -0.378. The molecule has 2 aromatic carbocycles. The van der Waals surface area contributed by atoms with Gasteiger partial charge in [-0.1, -0.05) is 36.4 Å². The van der Waals surface area contributed by atoms with Crippen LogP contribution in [0.4, 0.5) is 0 Å². The molecule has 0 bridgehead atoms. The zero-order valence-corrected chi connectivity index (χ0v) is 18.7. The Kier molecular flexibility index (Phi) is 5.30. The highest BCUT2D eigenvalue weighted by molar-refractivity contribution is 7.21. The van der Waals surface area contributed by atoms with Gasteiger partial charge in [-0.25, -0.2) is 0 Å². The number of carbonyl (C=O) groups is 1. The van der Waals surface area contributed by atoms with Crippen LogP contribution < -0.4 is 5.73 Å². The number of thiophene rings is 1. The van der Waals surface area contributed by atoms with E-state index in [2.05, 4.69) is 59.8 Å². The van der Waals surface area contributed by atoms with Gasteiger partial charge in [-0.05, 0) is 36.9 Å². The highest BCUT2D eigenvalue weighted by Crippen LogP contribution is 2.38. The molecule has 3 heterocycles. The van der Waals surface area contributed by atoms with Crippen molar-refractivity contribution in [1.82, 2.24) is 9.47 Å². The van der Waals surface area contributed by atoms with E-state index in [-0.39, 0.29) is 12.0 Å². The molecule has 1 unspecified atom stereocenters. The second kappa shape index (κ2) is 8.11. The number of carbonyl (C=O) groups excluding carboxylic acids is 1. The lowest BCUT2D eigenvalue weighted by Crippen LogP contribution is -2.38. The molecule has 5 nitrogen and oxygen atoms in total. The number of nitrogens with zero attached hydrogens (tertiary/aromatic N) is 2. The van der Waals surface area contributed by atoms with Crippen molar-refractivity contribution in [3.8, 4) is 0 Å². The van der Waals surface area contributed by atoms with Crippen molar-refractivity contribution in [1.29, 1.82) is 0 Å². The van der Waals surface area contributed by atoms with E-state index in [1.54, 1.807) is 0 Å². The van der Waals surface area contributed by atoms with Crippen LogP contribution in [0.15, 0.2) is 54.7 Å². The van der Waals surface area contributed by atoms with Crippen LogP contribution in [0.5, 0.6) is 0 Å². The minimum Gasteiger partial charge on any atom is -0.371 e. The lowest BCUT2D eigenvalue weighted by Gasteiger charge is -2.33. The molecule has 1 aliphatic heterocycles. The van der Waals surface area contributed by atoms with Crippen molar-refractivity contribution in [2.45, 2.75) is 32.5 Å². The van der Waals surface area contributed by atoms with Crippen LogP contribution >= 0.6 is 11.3 Å². The Morgan fingerprint density at radius 1 is 1.16 bits per heavy atom. The van der Waals surface area contributed by atoms with Gasteiger partial charge in [-0.3, -0.25) is 9.69 Å². The van der Waals surface area contributed by atoms with Gasteiger partial charge in [0.05, 0.1) is 17.6 Å². The number of rotatable bonds is 5. The summed E-state index contributed by atoms with van der Waals surface area (Å²) in [4.78, 5) is 15.2. The Hall–Kier alpha value is -2.67. The third-order valence-corrected chi connectivity index (χ3v) is 7.30. The molecule has 1 saturated heterocycles. The molecular weight excluding hydrogens is 406 g/mol. The van der Waals surface area contributed by atoms with E-state index in [0.717, 1.165) is 35.3 Å². The second-order valence-electron chi connectivity index (χ2n) is 8.47. The summed E-state index contributed by atoms with van der Waals surface area (Å²) in [7, 11) is 0. The summed E-state index contributed by atoms with van der Waals surface area (Å²) in [5, 5.41) is 2.38. The predicted octanol–water partition coefficient (Wildman–Crippen LogP) is 5.11. The average molecular weight is 434 g/mol. The van der Waals surface area contributed by atoms with Crippen molar-refractivity contribution in [2.75, 3.05) is 19.7 Å². The third-order valence-electron chi connectivity index (χ3n) is 6.10. The monoisotopic (exact) mass is 433 g/mol. The Labute approximate surface area is 186 Å². The maximum absolute atomic E-state index is 12.2. The fraction of sp³-hybridized carbons (Fsp3) is 0.320. The number of morpholine rings is 1. The van der Waals surface area contributed by atoms with Crippen LogP contribution in [0.2, 0.25) is 0 Å². The Balaban J connectivity index is 1.46. The van der Waals surface area contributed by atoms with E-state index in [1.165, 1.54) is 27.8 Å². The van der Waals surface area contributed by atoms with Crippen LogP contribution in [-0.4, -0.2) is 35.1 Å². The summed E-state index contributed by atoms with van der Waals surface area (Å²) < 4.78 is 9.60. The molecule has 31 heavy (non-hydrogen) atoms. The molecule has 1 atom stereocenters. The summed E-state index contributed by atoms with van der Waals surface area (Å²) in [6, 6.07) is 17.1. The number of fused-ring (bicyclic) bond motifs is 2. The van der Waals surface area contributed by atoms with Crippen molar-refractivity contribution in [3.63, 3.8) is 0 Å². The smallest absolute Gasteiger partial charge is 0.259 e. The maximum atomic E-state index is 12.2. The molecule has 0 radical (unpaired) electrons. The van der Waals surface area contributed by atoms with E-state index < -0.39 is 0 Å². The minimum absolute atomic E-state index is 0.161. The van der Waals surface area contributed by atoms with Gasteiger partial charge in [0.25, 0.3) is 5.91 Å². The van der Waals surface area contributed by atoms with Crippen LogP contribution in [0, 0.1) is 0 Å². The average Bonchev–Trinajstić information content (AvgIpc) is 3.33. The fourth-order valence-electron chi connectivity index (χ4n) is 4.66. The van der Waals surface area contributed by atoms with Gasteiger partial charge in [-0.2, -0.15) is 0 Å². The topological polar surface area (TPSA) is 60.5 Å². The molecule has 160 valence electrons. The number of ether oxygens (including phenoxy) is 1. The van der Waals surface area contributed by atoms with Gasteiger partial charge in [0.2, 0.25) is 0 Å². The summed E-state index contributed by atoms with van der Waals surface area (Å²) in [6.45, 7) is 7.53. The van der Waals surface area contributed by atoms with E-state index in [1.807, 2.05) is 18.2 Å². The predicted molar refractivity (Wildman–Crippen MR) is 127 cm³/mol. The number of aromatic nitrogens is 1. The van der Waals surface area contributed by atoms with Gasteiger partial charge >= 0.3 is 0 Å². The first-order valence-corrected chi connectivity index (χ1v) is 11.6. The van der Waals surface area contributed by atoms with Crippen molar-refractivity contribution in [2.24, 2.45) is 5.73 Å². The molecule has 0 saturated carbocycles. The number of amides is 1. The fourth-order valence-corrected chi connectivity index (χ4v) is 5.77. The number of nitrogens with two attached hydrogens (primary N) is 1. The second-order valence-corrected chi connectivity index (χ2v) is 9.52. The first-order chi connectivity index (χ1) is 15.0. The first kappa shape index (κ1) is 20.2. The minimum atomic E-state index is -0.378. The molecule has 2 N–H and O–H groups in total. The van der Waals surface area contributed by atoms with Crippen LogP contribution in [0.25, 0.3) is 21.0 Å². The number of benzene rings is 2. The van der Waals surface area contributed by atoms with Crippen molar-refractivity contribution < 1.29 is 9.53 Å². The zero-order valence-electron chi connectivity index (χ0n) is 17.9. The molecule has 4 aromatic rings. The van der Waals surface area contributed by atoms with Crippen LogP contribution in [-0.2, 0) is 11.3 Å². The van der Waals surface area contributed by atoms with E-state index in [9.17, 15) is 4.79 Å². The van der Waals surface area contributed by atoms with Gasteiger partial charge in [0.1, 0.15) is 0 Å². The number of hydrogen-bond acceptors (Lipinski definition) is 4.